The Balaban J connectivity index is 2.17. The summed E-state index contributed by atoms with van der Waals surface area (Å²) in [6, 6.07) is 7.79. The molecule has 2 aliphatic rings. The van der Waals surface area contributed by atoms with Gasteiger partial charge in [-0.15, -0.1) is 11.8 Å². The summed E-state index contributed by atoms with van der Waals surface area (Å²) in [5.41, 5.74) is 7.43. The van der Waals surface area contributed by atoms with E-state index in [1.54, 1.807) is 11.8 Å². The largest absolute Gasteiger partial charge is 0.465 e. The Morgan fingerprint density at radius 2 is 1.92 bits per heavy atom. The van der Waals surface area contributed by atoms with E-state index in [9.17, 15) is 9.59 Å². The molecule has 1 aliphatic carbocycles. The minimum Gasteiger partial charge on any atom is -0.465 e. The maximum Gasteiger partial charge on any atom is 0.340 e. The smallest absolute Gasteiger partial charge is 0.340 e. The van der Waals surface area contributed by atoms with Crippen LogP contribution in [0.1, 0.15) is 38.2 Å². The monoisotopic (exact) mass is 373 g/mol. The van der Waals surface area contributed by atoms with Gasteiger partial charge in [0.1, 0.15) is 11.3 Å². The molecule has 1 aromatic carbocycles. The number of ether oxygens (including phenoxy) is 2. The van der Waals surface area contributed by atoms with Gasteiger partial charge in [0.15, 0.2) is 5.78 Å². The predicted molar refractivity (Wildman–Crippen MR) is 100 cm³/mol. The number of hydrogen-bond acceptors (Lipinski definition) is 6. The van der Waals surface area contributed by atoms with E-state index in [1.165, 1.54) is 7.11 Å². The molecule has 1 atom stereocenters. The molecule has 0 saturated heterocycles. The zero-order valence-corrected chi connectivity index (χ0v) is 16.2. The third-order valence-corrected chi connectivity index (χ3v) is 5.55. The highest BCUT2D eigenvalue weighted by atomic mass is 32.2. The van der Waals surface area contributed by atoms with Gasteiger partial charge < -0.3 is 15.2 Å². The summed E-state index contributed by atoms with van der Waals surface area (Å²) in [5.74, 6) is -0.573. The van der Waals surface area contributed by atoms with Crippen LogP contribution in [0.2, 0.25) is 0 Å². The average Bonchev–Trinajstić information content (AvgIpc) is 2.59. The lowest BCUT2D eigenvalue weighted by atomic mass is 9.70. The van der Waals surface area contributed by atoms with Crippen LogP contribution < -0.4 is 5.73 Å². The van der Waals surface area contributed by atoms with Crippen LogP contribution in [-0.4, -0.2) is 25.1 Å². The van der Waals surface area contributed by atoms with Gasteiger partial charge in [0.2, 0.25) is 5.88 Å². The second-order valence-electron chi connectivity index (χ2n) is 7.36. The molecule has 0 saturated carbocycles. The Morgan fingerprint density at radius 3 is 2.50 bits per heavy atom. The van der Waals surface area contributed by atoms with Crippen molar-refractivity contribution in [1.29, 1.82) is 0 Å². The highest BCUT2D eigenvalue weighted by molar-refractivity contribution is 7.98. The molecule has 0 spiro atoms. The summed E-state index contributed by atoms with van der Waals surface area (Å²) in [5, 5.41) is 0. The number of allylic oxidation sites excluding steroid dienone is 2. The minimum atomic E-state index is -0.578. The SMILES string of the molecule is COC(=O)C1=C(N)OC2=C(C(=O)CC(C)(C)C2)[C@@H]1c1ccc(SC)cc1. The summed E-state index contributed by atoms with van der Waals surface area (Å²) < 4.78 is 10.7. The summed E-state index contributed by atoms with van der Waals surface area (Å²) in [4.78, 5) is 26.5. The molecule has 0 aromatic heterocycles. The lowest BCUT2D eigenvalue weighted by Gasteiger charge is -2.37. The molecule has 5 nitrogen and oxygen atoms in total. The van der Waals surface area contributed by atoms with E-state index in [4.69, 9.17) is 15.2 Å². The van der Waals surface area contributed by atoms with E-state index in [2.05, 4.69) is 0 Å². The minimum absolute atomic E-state index is 0.0101. The number of Topliss-reactive ketones (excluding diaryl/α,β-unsaturated/α-hetero) is 1. The van der Waals surface area contributed by atoms with E-state index in [0.717, 1.165) is 10.5 Å². The highest BCUT2D eigenvalue weighted by Crippen LogP contribution is 2.48. The number of carbonyl (C=O) groups excluding carboxylic acids is 2. The van der Waals surface area contributed by atoms with Gasteiger partial charge in [-0.05, 0) is 29.4 Å². The topological polar surface area (TPSA) is 78.6 Å². The Labute approximate surface area is 157 Å². The van der Waals surface area contributed by atoms with Crippen LogP contribution in [-0.2, 0) is 19.1 Å². The lowest BCUT2D eigenvalue weighted by molar-refractivity contribution is -0.136. The molecule has 3 rings (SSSR count). The molecule has 1 aromatic rings. The fourth-order valence-electron chi connectivity index (χ4n) is 3.62. The van der Waals surface area contributed by atoms with Gasteiger partial charge in [-0.1, -0.05) is 26.0 Å². The Morgan fingerprint density at radius 1 is 1.27 bits per heavy atom. The number of carbonyl (C=O) groups is 2. The number of thioether (sulfide) groups is 1. The van der Waals surface area contributed by atoms with Gasteiger partial charge >= 0.3 is 5.97 Å². The molecule has 2 N–H and O–H groups in total. The fraction of sp³-hybridized carbons (Fsp3) is 0.400. The molecule has 138 valence electrons. The molecular weight excluding hydrogens is 350 g/mol. The number of benzene rings is 1. The molecule has 26 heavy (non-hydrogen) atoms. The van der Waals surface area contributed by atoms with Crippen molar-refractivity contribution in [3.63, 3.8) is 0 Å². The maximum atomic E-state index is 13.0. The number of esters is 1. The zero-order chi connectivity index (χ0) is 19.1. The molecular formula is C20H23NO4S. The molecule has 6 heteroatoms. The lowest BCUT2D eigenvalue weighted by Crippen LogP contribution is -2.35. The van der Waals surface area contributed by atoms with E-state index in [0.29, 0.717) is 24.2 Å². The van der Waals surface area contributed by atoms with E-state index < -0.39 is 11.9 Å². The first-order valence-corrected chi connectivity index (χ1v) is 9.66. The van der Waals surface area contributed by atoms with Crippen molar-refractivity contribution in [3.8, 4) is 0 Å². The Kier molecular flexibility index (Phi) is 4.88. The van der Waals surface area contributed by atoms with Crippen molar-refractivity contribution in [1.82, 2.24) is 0 Å². The maximum absolute atomic E-state index is 13.0. The van der Waals surface area contributed by atoms with Gasteiger partial charge in [0.05, 0.1) is 13.0 Å². The van der Waals surface area contributed by atoms with Crippen molar-refractivity contribution in [3.05, 3.63) is 52.6 Å². The molecule has 1 aliphatic heterocycles. The summed E-state index contributed by atoms with van der Waals surface area (Å²) in [6.45, 7) is 4.05. The third kappa shape index (κ3) is 3.26. The van der Waals surface area contributed by atoms with Crippen LogP contribution in [0.3, 0.4) is 0 Å². The number of nitrogens with two attached hydrogens (primary N) is 1. The molecule has 0 amide bonds. The molecule has 0 bridgehead atoms. The first kappa shape index (κ1) is 18.6. The van der Waals surface area contributed by atoms with Gasteiger partial charge in [0.25, 0.3) is 0 Å². The van der Waals surface area contributed by atoms with Gasteiger partial charge in [-0.3, -0.25) is 4.79 Å². The van der Waals surface area contributed by atoms with Crippen molar-refractivity contribution in [2.45, 2.75) is 37.5 Å². The van der Waals surface area contributed by atoms with Crippen LogP contribution in [0.4, 0.5) is 0 Å². The fourth-order valence-corrected chi connectivity index (χ4v) is 4.03. The van der Waals surface area contributed by atoms with Crippen LogP contribution in [0, 0.1) is 5.41 Å². The number of hydrogen-bond donors (Lipinski definition) is 1. The third-order valence-electron chi connectivity index (χ3n) is 4.81. The van der Waals surface area contributed by atoms with Crippen molar-refractivity contribution < 1.29 is 19.1 Å². The van der Waals surface area contributed by atoms with Gasteiger partial charge in [-0.25, -0.2) is 4.79 Å². The normalized spacial score (nSPS) is 22.0. The second kappa shape index (κ2) is 6.83. The molecule has 0 radical (unpaired) electrons. The Hall–Kier alpha value is -2.21. The quantitative estimate of drug-likeness (QED) is 0.645. The Bertz CT molecular complexity index is 821. The number of rotatable bonds is 3. The van der Waals surface area contributed by atoms with Crippen LogP contribution in [0.25, 0.3) is 0 Å². The molecule has 1 heterocycles. The van der Waals surface area contributed by atoms with Crippen LogP contribution in [0.15, 0.2) is 51.9 Å². The zero-order valence-electron chi connectivity index (χ0n) is 15.4. The van der Waals surface area contributed by atoms with Crippen LogP contribution >= 0.6 is 11.8 Å². The average molecular weight is 373 g/mol. The van der Waals surface area contributed by atoms with E-state index in [1.807, 2.05) is 44.4 Å². The standard InChI is InChI=1S/C20H23NO4S/c1-20(2)9-13(22)16-14(10-20)25-18(21)17(19(23)24-3)15(16)11-5-7-12(26-4)8-6-11/h5-8,15H,9-10,21H2,1-4H3/t15-/m0/s1. The second-order valence-corrected chi connectivity index (χ2v) is 8.24. The number of methoxy groups -OCH3 is 1. The summed E-state index contributed by atoms with van der Waals surface area (Å²) >= 11 is 1.63. The highest BCUT2D eigenvalue weighted by Gasteiger charge is 2.44. The number of ketones is 1. The van der Waals surface area contributed by atoms with Gasteiger partial charge in [0, 0.05) is 23.3 Å². The first-order chi connectivity index (χ1) is 12.3. The molecule has 0 unspecified atom stereocenters. The van der Waals surface area contributed by atoms with Crippen molar-refractivity contribution in [2.75, 3.05) is 13.4 Å². The van der Waals surface area contributed by atoms with E-state index in [-0.39, 0.29) is 22.7 Å². The molecule has 0 fully saturated rings. The predicted octanol–water partition coefficient (Wildman–Crippen LogP) is 3.51. The summed E-state index contributed by atoms with van der Waals surface area (Å²) in [6.07, 6.45) is 3.00. The van der Waals surface area contributed by atoms with Crippen molar-refractivity contribution >= 4 is 23.5 Å². The van der Waals surface area contributed by atoms with Crippen LogP contribution in [0.5, 0.6) is 0 Å². The van der Waals surface area contributed by atoms with E-state index >= 15 is 0 Å². The summed E-state index contributed by atoms with van der Waals surface area (Å²) in [7, 11) is 1.30. The van der Waals surface area contributed by atoms with Crippen molar-refractivity contribution in [2.24, 2.45) is 11.1 Å². The van der Waals surface area contributed by atoms with Gasteiger partial charge in [-0.2, -0.15) is 0 Å². The first-order valence-electron chi connectivity index (χ1n) is 8.43.